The Morgan fingerprint density at radius 2 is 1.62 bits per heavy atom. The summed E-state index contributed by atoms with van der Waals surface area (Å²) in [5.41, 5.74) is 4.76. The van der Waals surface area contributed by atoms with Gasteiger partial charge in [0.25, 0.3) is 0 Å². The first-order valence-electron chi connectivity index (χ1n) is 6.76. The second kappa shape index (κ2) is 5.51. The molecule has 0 fully saturated rings. The largest absolute Gasteiger partial charge is 0.504 e. The Balaban J connectivity index is 2.43. The highest BCUT2D eigenvalue weighted by molar-refractivity contribution is 6.01. The third kappa shape index (κ3) is 2.86. The van der Waals surface area contributed by atoms with E-state index in [1.807, 2.05) is 27.7 Å². The molecule has 1 heterocycles. The maximum Gasteiger partial charge on any atom is 0.361 e. The Morgan fingerprint density at radius 1 is 1.00 bits per heavy atom. The summed E-state index contributed by atoms with van der Waals surface area (Å²) in [5, 5.41) is 25.9. The van der Waals surface area contributed by atoms with Crippen LogP contribution < -0.4 is 5.43 Å². The topological polar surface area (TPSA) is 90.5 Å². The first-order chi connectivity index (χ1) is 9.81. The van der Waals surface area contributed by atoms with Gasteiger partial charge in [0.2, 0.25) is 0 Å². The van der Waals surface area contributed by atoms with Crippen LogP contribution in [0.1, 0.15) is 33.3 Å². The number of hydrogen-bond acceptors (Lipinski definition) is 4. The molecule has 7 nitrogen and oxygen atoms in total. The Morgan fingerprint density at radius 3 is 2.14 bits per heavy atom. The van der Waals surface area contributed by atoms with Crippen molar-refractivity contribution < 1.29 is 15.0 Å². The Labute approximate surface area is 123 Å². The minimum absolute atomic E-state index is 0.116. The number of benzene rings is 1. The smallest absolute Gasteiger partial charge is 0.361 e. The molecule has 1 aromatic carbocycles. The number of carbonyl (C=O) groups is 1. The molecule has 1 aliphatic heterocycles. The molecule has 0 aromatic heterocycles. The van der Waals surface area contributed by atoms with Crippen LogP contribution in [0.3, 0.4) is 0 Å². The molecule has 2 N–H and O–H groups in total. The van der Waals surface area contributed by atoms with Crippen molar-refractivity contribution in [3.63, 3.8) is 0 Å². The average Bonchev–Trinajstić information content (AvgIpc) is 2.41. The molecule has 113 valence electrons. The highest BCUT2D eigenvalue weighted by Crippen LogP contribution is 2.26. The van der Waals surface area contributed by atoms with Crippen LogP contribution in [0.25, 0.3) is 0 Å². The normalized spacial score (nSPS) is 15.5. The fourth-order valence-electron chi connectivity index (χ4n) is 1.87. The number of amides is 2. The van der Waals surface area contributed by atoms with Gasteiger partial charge in [-0.2, -0.15) is 0 Å². The van der Waals surface area contributed by atoms with Crippen molar-refractivity contribution in [3.8, 4) is 11.5 Å². The molecule has 0 bridgehead atoms. The third-order valence-electron chi connectivity index (χ3n) is 3.01. The van der Waals surface area contributed by atoms with Gasteiger partial charge in [-0.1, -0.05) is 0 Å². The number of phenols is 2. The minimum atomic E-state index is -0.285. The van der Waals surface area contributed by atoms with E-state index in [0.29, 0.717) is 11.4 Å². The van der Waals surface area contributed by atoms with E-state index in [2.05, 4.69) is 10.5 Å². The maximum atomic E-state index is 12.3. The molecular weight excluding hydrogens is 272 g/mol. The lowest BCUT2D eigenvalue weighted by molar-refractivity contribution is 0.104. The Kier molecular flexibility index (Phi) is 3.93. The highest BCUT2D eigenvalue weighted by atomic mass is 16.3. The van der Waals surface area contributed by atoms with Gasteiger partial charge >= 0.3 is 6.03 Å². The van der Waals surface area contributed by atoms with Gasteiger partial charge in [0.15, 0.2) is 17.3 Å². The monoisotopic (exact) mass is 291 g/mol. The molecule has 1 radical (unpaired) electrons. The van der Waals surface area contributed by atoms with Crippen molar-refractivity contribution in [2.24, 2.45) is 5.10 Å². The zero-order valence-electron chi connectivity index (χ0n) is 12.5. The van der Waals surface area contributed by atoms with Crippen molar-refractivity contribution in [1.82, 2.24) is 15.4 Å². The van der Waals surface area contributed by atoms with Crippen LogP contribution in [0.15, 0.2) is 23.3 Å². The Hall–Kier alpha value is -2.44. The van der Waals surface area contributed by atoms with Gasteiger partial charge in [0.1, 0.15) is 0 Å². The summed E-state index contributed by atoms with van der Waals surface area (Å²) in [4.78, 5) is 12.3. The van der Waals surface area contributed by atoms with E-state index in [1.54, 1.807) is 6.07 Å². The summed E-state index contributed by atoms with van der Waals surface area (Å²) in [7, 11) is 0. The van der Waals surface area contributed by atoms with Crippen LogP contribution in [0.4, 0.5) is 4.79 Å². The molecule has 7 heteroatoms. The number of rotatable bonds is 3. The number of hydrogen-bond donors (Lipinski definition) is 2. The molecule has 0 aliphatic carbocycles. The van der Waals surface area contributed by atoms with Gasteiger partial charge in [-0.15, -0.1) is 10.5 Å². The third-order valence-corrected chi connectivity index (χ3v) is 3.01. The van der Waals surface area contributed by atoms with Gasteiger partial charge in [0.05, 0.1) is 12.1 Å². The molecule has 2 rings (SSSR count). The van der Waals surface area contributed by atoms with E-state index < -0.39 is 0 Å². The van der Waals surface area contributed by atoms with Crippen LogP contribution in [-0.2, 0) is 0 Å². The standard InChI is InChI=1S/C14H19N4O3/c1-8(2)17-14(21)18(9(3)4)16-13(15-17)10-5-6-11(19)12(20)7-10/h5-9,19-20H,1-4H3. The van der Waals surface area contributed by atoms with Gasteiger partial charge in [-0.25, -0.2) is 14.8 Å². The number of hydrazone groups is 1. The summed E-state index contributed by atoms with van der Waals surface area (Å²) in [6.07, 6.45) is 0. The fourth-order valence-corrected chi connectivity index (χ4v) is 1.87. The number of urea groups is 1. The van der Waals surface area contributed by atoms with Crippen molar-refractivity contribution in [2.45, 2.75) is 39.8 Å². The van der Waals surface area contributed by atoms with Crippen LogP contribution >= 0.6 is 0 Å². The first kappa shape index (κ1) is 15.0. The zero-order valence-corrected chi connectivity index (χ0v) is 12.5. The predicted octanol–water partition coefficient (Wildman–Crippen LogP) is 1.83. The van der Waals surface area contributed by atoms with E-state index in [0.717, 1.165) is 0 Å². The van der Waals surface area contributed by atoms with Gasteiger partial charge in [-0.3, -0.25) is 0 Å². The van der Waals surface area contributed by atoms with Crippen molar-refractivity contribution >= 4 is 11.9 Å². The second-order valence-corrected chi connectivity index (χ2v) is 5.39. The second-order valence-electron chi connectivity index (χ2n) is 5.39. The summed E-state index contributed by atoms with van der Waals surface area (Å²) >= 11 is 0. The lowest BCUT2D eigenvalue weighted by atomic mass is 10.2. The molecular formula is C14H19N4O3. The van der Waals surface area contributed by atoms with Gasteiger partial charge in [0, 0.05) is 5.56 Å². The molecule has 0 spiro atoms. The molecule has 1 aliphatic rings. The summed E-state index contributed by atoms with van der Waals surface area (Å²) < 4.78 is 0. The fraction of sp³-hybridized carbons (Fsp3) is 0.429. The maximum absolute atomic E-state index is 12.3. The molecule has 2 amide bonds. The minimum Gasteiger partial charge on any atom is -0.504 e. The number of carbonyl (C=O) groups excluding carboxylic acids is 1. The quantitative estimate of drug-likeness (QED) is 0.832. The molecule has 21 heavy (non-hydrogen) atoms. The van der Waals surface area contributed by atoms with E-state index in [4.69, 9.17) is 0 Å². The molecule has 0 atom stereocenters. The number of aromatic hydroxyl groups is 2. The molecule has 0 saturated carbocycles. The molecule has 0 saturated heterocycles. The number of nitrogens with zero attached hydrogens (tertiary/aromatic N) is 4. The van der Waals surface area contributed by atoms with Crippen molar-refractivity contribution in [1.29, 1.82) is 0 Å². The van der Waals surface area contributed by atoms with E-state index in [1.165, 1.54) is 22.2 Å². The summed E-state index contributed by atoms with van der Waals surface area (Å²) in [6.45, 7) is 7.43. The van der Waals surface area contributed by atoms with Crippen molar-refractivity contribution in [3.05, 3.63) is 23.8 Å². The van der Waals surface area contributed by atoms with Crippen molar-refractivity contribution in [2.75, 3.05) is 0 Å². The highest BCUT2D eigenvalue weighted by Gasteiger charge is 2.33. The van der Waals surface area contributed by atoms with Crippen LogP contribution in [0.2, 0.25) is 0 Å². The van der Waals surface area contributed by atoms with Crippen LogP contribution in [0.5, 0.6) is 11.5 Å². The zero-order chi connectivity index (χ0) is 15.7. The number of phenolic OH excluding ortho intramolecular Hbond substituents is 2. The van der Waals surface area contributed by atoms with Crippen LogP contribution in [-0.4, -0.2) is 44.2 Å². The number of amidine groups is 1. The molecule has 0 unspecified atom stereocenters. The average molecular weight is 291 g/mol. The predicted molar refractivity (Wildman–Crippen MR) is 77.8 cm³/mol. The summed E-state index contributed by atoms with van der Waals surface area (Å²) in [5.74, 6) is -0.158. The van der Waals surface area contributed by atoms with E-state index in [-0.39, 0.29) is 29.6 Å². The van der Waals surface area contributed by atoms with Gasteiger partial charge < -0.3 is 10.2 Å². The molecule has 1 aromatic rings. The van der Waals surface area contributed by atoms with E-state index >= 15 is 0 Å². The Bertz CT molecular complexity index is 584. The summed E-state index contributed by atoms with van der Waals surface area (Å²) in [6, 6.07) is 3.80. The SMILES string of the molecule is CC(C)N1[N]C(c2ccc(O)c(O)c2)=NN(C(C)C)C1=O. The first-order valence-corrected chi connectivity index (χ1v) is 6.76. The lowest BCUT2D eigenvalue weighted by Crippen LogP contribution is -2.56. The van der Waals surface area contributed by atoms with Gasteiger partial charge in [-0.05, 0) is 45.9 Å². The van der Waals surface area contributed by atoms with E-state index in [9.17, 15) is 15.0 Å². The lowest BCUT2D eigenvalue weighted by Gasteiger charge is -2.35. The van der Waals surface area contributed by atoms with Crippen LogP contribution in [0, 0.1) is 0 Å².